The summed E-state index contributed by atoms with van der Waals surface area (Å²) in [5.41, 5.74) is 5.93. The zero-order valence-corrected chi connectivity index (χ0v) is 15.8. The van der Waals surface area contributed by atoms with Crippen LogP contribution in [0.25, 0.3) is 16.1 Å². The van der Waals surface area contributed by atoms with E-state index < -0.39 is 11.7 Å². The predicted molar refractivity (Wildman–Crippen MR) is 99.5 cm³/mol. The third-order valence-corrected chi connectivity index (χ3v) is 4.77. The van der Waals surface area contributed by atoms with Gasteiger partial charge in [0.2, 0.25) is 5.71 Å². The highest BCUT2D eigenvalue weighted by Crippen LogP contribution is 2.28. The molecule has 0 aromatic carbocycles. The van der Waals surface area contributed by atoms with Crippen LogP contribution in [0.3, 0.4) is 0 Å². The van der Waals surface area contributed by atoms with Crippen LogP contribution in [-0.4, -0.2) is 42.3 Å². The van der Waals surface area contributed by atoms with E-state index in [1.54, 1.807) is 19.9 Å². The molecule has 0 radical (unpaired) electrons. The maximum atomic E-state index is 12.5. The molecular formula is C16H15N7O4S. The van der Waals surface area contributed by atoms with Gasteiger partial charge in [0, 0.05) is 0 Å². The average Bonchev–Trinajstić information content (AvgIpc) is 3.35. The molecule has 0 saturated heterocycles. The van der Waals surface area contributed by atoms with Crippen molar-refractivity contribution in [3.8, 4) is 5.00 Å². The fraction of sp³-hybridized carbons (Fsp3) is 0.250. The Balaban J connectivity index is 1.72. The van der Waals surface area contributed by atoms with Crippen LogP contribution < -0.4 is 11.4 Å². The lowest BCUT2D eigenvalue weighted by Crippen LogP contribution is -2.25. The average molecular weight is 401 g/mol. The van der Waals surface area contributed by atoms with Crippen LogP contribution in [0.5, 0.6) is 0 Å². The van der Waals surface area contributed by atoms with Crippen LogP contribution in [0.1, 0.15) is 28.9 Å². The third kappa shape index (κ3) is 2.93. The Morgan fingerprint density at radius 3 is 2.89 bits per heavy atom. The monoisotopic (exact) mass is 401 g/mol. The molecule has 0 aliphatic carbocycles. The summed E-state index contributed by atoms with van der Waals surface area (Å²) in [6.07, 6.45) is 0. The number of thiophene rings is 1. The number of nitrogen functional groups attached to an aromatic ring is 1. The van der Waals surface area contributed by atoms with Crippen molar-refractivity contribution in [3.63, 3.8) is 0 Å². The Kier molecular flexibility index (Phi) is 4.39. The highest BCUT2D eigenvalue weighted by molar-refractivity contribution is 7.12. The van der Waals surface area contributed by atoms with Crippen LogP contribution >= 0.6 is 11.3 Å². The Morgan fingerprint density at radius 2 is 2.18 bits per heavy atom. The van der Waals surface area contributed by atoms with Crippen molar-refractivity contribution in [1.82, 2.24) is 29.8 Å². The Hall–Kier alpha value is -3.54. The van der Waals surface area contributed by atoms with E-state index >= 15 is 0 Å². The smallest absolute Gasteiger partial charge is 0.369 e. The molecule has 0 saturated carbocycles. The second-order valence-corrected chi connectivity index (χ2v) is 6.67. The highest BCUT2D eigenvalue weighted by atomic mass is 32.1. The van der Waals surface area contributed by atoms with E-state index in [1.807, 2.05) is 11.4 Å². The van der Waals surface area contributed by atoms with E-state index in [9.17, 15) is 9.59 Å². The number of nitrogens with zero attached hydrogens (tertiary/aromatic N) is 6. The minimum Gasteiger partial charge on any atom is -0.462 e. The van der Waals surface area contributed by atoms with Crippen molar-refractivity contribution < 1.29 is 13.9 Å². The summed E-state index contributed by atoms with van der Waals surface area (Å²) in [7, 11) is 0. The second-order valence-electron chi connectivity index (χ2n) is 5.74. The Labute approximate surface area is 161 Å². The number of carbonyl (C=O) groups is 1. The van der Waals surface area contributed by atoms with Gasteiger partial charge in [0.1, 0.15) is 28.7 Å². The maximum absolute atomic E-state index is 12.5. The van der Waals surface area contributed by atoms with Gasteiger partial charge in [-0.05, 0) is 41.8 Å². The molecule has 11 nitrogen and oxygen atoms in total. The number of rotatable bonds is 5. The van der Waals surface area contributed by atoms with Gasteiger partial charge in [-0.15, -0.1) is 11.3 Å². The number of aromatic nitrogens is 6. The number of ether oxygens (including phenoxy) is 1. The van der Waals surface area contributed by atoms with Gasteiger partial charge >= 0.3 is 11.7 Å². The molecule has 12 heteroatoms. The largest absolute Gasteiger partial charge is 0.462 e. The maximum Gasteiger partial charge on any atom is 0.369 e. The summed E-state index contributed by atoms with van der Waals surface area (Å²) in [5.74, 6) is 0.0254. The number of esters is 1. The van der Waals surface area contributed by atoms with Crippen LogP contribution in [0, 0.1) is 6.92 Å². The van der Waals surface area contributed by atoms with E-state index in [0.29, 0.717) is 10.8 Å². The van der Waals surface area contributed by atoms with Crippen molar-refractivity contribution in [3.05, 3.63) is 45.1 Å². The standard InChI is InChI=1S/C16H15N7O4S/c1-3-26-15(24)11-8(2)27-14-12(11)13(17)18-9(19-14)7-22-16(25)23(21-20-22)10-5-4-6-28-10/h4-6H,3,7H2,1-2H3,(H2,17,18,19). The van der Waals surface area contributed by atoms with Crippen LogP contribution in [-0.2, 0) is 11.3 Å². The predicted octanol–water partition coefficient (Wildman–Crippen LogP) is 1.14. The van der Waals surface area contributed by atoms with E-state index in [2.05, 4.69) is 20.4 Å². The van der Waals surface area contributed by atoms with Gasteiger partial charge in [-0.2, -0.15) is 14.3 Å². The number of hydrogen-bond donors (Lipinski definition) is 1. The number of hydrogen-bond acceptors (Lipinski definition) is 10. The van der Waals surface area contributed by atoms with E-state index in [-0.39, 0.29) is 41.5 Å². The fourth-order valence-electron chi connectivity index (χ4n) is 2.74. The molecule has 0 spiro atoms. The lowest BCUT2D eigenvalue weighted by atomic mass is 10.2. The van der Waals surface area contributed by atoms with Crippen molar-refractivity contribution in [2.24, 2.45) is 0 Å². The summed E-state index contributed by atoms with van der Waals surface area (Å²) in [5, 5.41) is 10.5. The molecule has 4 rings (SSSR count). The summed E-state index contributed by atoms with van der Waals surface area (Å²) in [4.78, 5) is 33.1. The Morgan fingerprint density at radius 1 is 1.36 bits per heavy atom. The minimum atomic E-state index is -0.558. The first-order chi connectivity index (χ1) is 13.5. The quantitative estimate of drug-likeness (QED) is 0.487. The molecule has 144 valence electrons. The molecule has 0 fully saturated rings. The normalized spacial score (nSPS) is 11.2. The first-order valence-electron chi connectivity index (χ1n) is 8.29. The fourth-order valence-corrected chi connectivity index (χ4v) is 3.41. The number of tetrazole rings is 1. The molecule has 28 heavy (non-hydrogen) atoms. The second kappa shape index (κ2) is 6.88. The zero-order chi connectivity index (χ0) is 19.8. The van der Waals surface area contributed by atoms with Gasteiger partial charge in [0.05, 0.1) is 12.0 Å². The number of nitrogens with two attached hydrogens (primary N) is 1. The summed E-state index contributed by atoms with van der Waals surface area (Å²) >= 11 is 1.36. The SMILES string of the molecule is CCOC(=O)c1c(C)oc2nc(Cn3nnn(-c4cccs4)c3=O)nc(N)c12. The van der Waals surface area contributed by atoms with Crippen LogP contribution in [0.2, 0.25) is 0 Å². The summed E-state index contributed by atoms with van der Waals surface area (Å²) in [6.45, 7) is 3.48. The highest BCUT2D eigenvalue weighted by Gasteiger charge is 2.24. The van der Waals surface area contributed by atoms with Crippen molar-refractivity contribution in [2.75, 3.05) is 12.3 Å². The third-order valence-electron chi connectivity index (χ3n) is 3.93. The van der Waals surface area contributed by atoms with E-state index in [1.165, 1.54) is 16.0 Å². The number of anilines is 1. The molecule has 0 amide bonds. The topological polar surface area (TPSA) is 144 Å². The van der Waals surface area contributed by atoms with Gasteiger partial charge in [-0.1, -0.05) is 0 Å². The molecule has 0 aliphatic heterocycles. The number of carbonyl (C=O) groups excluding carboxylic acids is 1. The lowest BCUT2D eigenvalue weighted by Gasteiger charge is -2.03. The molecule has 4 aromatic heterocycles. The molecule has 0 bridgehead atoms. The molecular weight excluding hydrogens is 386 g/mol. The molecule has 0 atom stereocenters. The number of fused-ring (bicyclic) bond motifs is 1. The van der Waals surface area contributed by atoms with Gasteiger partial charge in [-0.3, -0.25) is 0 Å². The van der Waals surface area contributed by atoms with Gasteiger partial charge in [-0.25, -0.2) is 14.6 Å². The number of furan rings is 1. The van der Waals surface area contributed by atoms with E-state index in [4.69, 9.17) is 14.9 Å². The first kappa shape index (κ1) is 17.9. The van der Waals surface area contributed by atoms with Crippen LogP contribution in [0.4, 0.5) is 5.82 Å². The van der Waals surface area contributed by atoms with E-state index in [0.717, 1.165) is 4.68 Å². The molecule has 0 unspecified atom stereocenters. The molecule has 0 aliphatic rings. The number of aryl methyl sites for hydroxylation is 1. The summed E-state index contributed by atoms with van der Waals surface area (Å²) in [6, 6.07) is 3.57. The molecule has 4 aromatic rings. The van der Waals surface area contributed by atoms with Crippen molar-refractivity contribution >= 4 is 34.2 Å². The van der Waals surface area contributed by atoms with Gasteiger partial charge < -0.3 is 14.9 Å². The molecule has 2 N–H and O–H groups in total. The van der Waals surface area contributed by atoms with Crippen molar-refractivity contribution in [1.29, 1.82) is 0 Å². The molecule has 4 heterocycles. The first-order valence-corrected chi connectivity index (χ1v) is 9.16. The van der Waals surface area contributed by atoms with Gasteiger partial charge in [0.25, 0.3) is 0 Å². The van der Waals surface area contributed by atoms with Crippen molar-refractivity contribution in [2.45, 2.75) is 20.4 Å². The zero-order valence-electron chi connectivity index (χ0n) is 14.9. The Bertz CT molecular complexity index is 1220. The van der Waals surface area contributed by atoms with Crippen LogP contribution in [0.15, 0.2) is 26.7 Å². The lowest BCUT2D eigenvalue weighted by molar-refractivity contribution is 0.0526. The minimum absolute atomic E-state index is 0.0543. The summed E-state index contributed by atoms with van der Waals surface area (Å²) < 4.78 is 12.9. The van der Waals surface area contributed by atoms with Gasteiger partial charge in [0.15, 0.2) is 5.82 Å².